The van der Waals surface area contributed by atoms with Gasteiger partial charge < -0.3 is 15.7 Å². The Bertz CT molecular complexity index is 272. The molecule has 0 radical (unpaired) electrons. The lowest BCUT2D eigenvalue weighted by Gasteiger charge is -2.36. The summed E-state index contributed by atoms with van der Waals surface area (Å²) in [5.41, 5.74) is 1.46. The summed E-state index contributed by atoms with van der Waals surface area (Å²) in [6, 6.07) is 0.0471. The zero-order valence-electron chi connectivity index (χ0n) is 9.63. The fourth-order valence-corrected chi connectivity index (χ4v) is 2.41. The predicted molar refractivity (Wildman–Crippen MR) is 59.7 cm³/mol. The summed E-state index contributed by atoms with van der Waals surface area (Å²) in [7, 11) is 1.87. The van der Waals surface area contributed by atoms with Gasteiger partial charge in [0.05, 0.1) is 0 Å². The average molecular weight is 212 g/mol. The van der Waals surface area contributed by atoms with Crippen molar-refractivity contribution in [3.8, 4) is 0 Å². The molecule has 1 fully saturated rings. The second-order valence-corrected chi connectivity index (χ2v) is 4.99. The van der Waals surface area contributed by atoms with E-state index in [1.54, 1.807) is 0 Å². The van der Waals surface area contributed by atoms with E-state index in [2.05, 4.69) is 24.5 Å². The highest BCUT2D eigenvalue weighted by Crippen LogP contribution is 2.38. The van der Waals surface area contributed by atoms with E-state index in [4.69, 9.17) is 5.11 Å². The largest absolute Gasteiger partial charge is 0.465 e. The maximum atomic E-state index is 10.6. The normalized spacial score (nSPS) is 27.4. The zero-order chi connectivity index (χ0) is 11.5. The quantitative estimate of drug-likeness (QED) is 0.655. The van der Waals surface area contributed by atoms with Gasteiger partial charge >= 0.3 is 6.09 Å². The first-order chi connectivity index (χ1) is 6.93. The fraction of sp³-hybridized carbons (Fsp3) is 0.727. The lowest BCUT2D eigenvalue weighted by atomic mass is 9.73. The number of rotatable bonds is 2. The van der Waals surface area contributed by atoms with Gasteiger partial charge in [0.25, 0.3) is 0 Å². The minimum Gasteiger partial charge on any atom is -0.465 e. The molecule has 1 saturated carbocycles. The van der Waals surface area contributed by atoms with E-state index >= 15 is 0 Å². The molecule has 4 nitrogen and oxygen atoms in total. The topological polar surface area (TPSA) is 61.4 Å². The Labute approximate surface area is 90.7 Å². The van der Waals surface area contributed by atoms with Crippen molar-refractivity contribution in [1.29, 1.82) is 0 Å². The van der Waals surface area contributed by atoms with Gasteiger partial charge in [0.15, 0.2) is 0 Å². The SMILES string of the molecule is CN/C=C1/CC(NC(=O)O)CC(C)(C)C1. The van der Waals surface area contributed by atoms with E-state index in [0.29, 0.717) is 0 Å². The third-order valence-corrected chi connectivity index (χ3v) is 2.69. The predicted octanol–water partition coefficient (Wildman–Crippen LogP) is 1.94. The van der Waals surface area contributed by atoms with Crippen molar-refractivity contribution in [2.75, 3.05) is 7.05 Å². The molecule has 0 aromatic heterocycles. The first-order valence-electron chi connectivity index (χ1n) is 5.27. The molecular formula is C11H20N2O2. The van der Waals surface area contributed by atoms with Gasteiger partial charge in [-0.2, -0.15) is 0 Å². The summed E-state index contributed by atoms with van der Waals surface area (Å²) >= 11 is 0. The Morgan fingerprint density at radius 1 is 1.60 bits per heavy atom. The minimum absolute atomic E-state index is 0.0471. The Kier molecular flexibility index (Phi) is 3.61. The van der Waals surface area contributed by atoms with Crippen LogP contribution in [0.2, 0.25) is 0 Å². The molecule has 1 unspecified atom stereocenters. The average Bonchev–Trinajstić information content (AvgIpc) is 1.99. The van der Waals surface area contributed by atoms with Crippen LogP contribution < -0.4 is 10.6 Å². The third-order valence-electron chi connectivity index (χ3n) is 2.69. The van der Waals surface area contributed by atoms with Crippen molar-refractivity contribution in [3.63, 3.8) is 0 Å². The van der Waals surface area contributed by atoms with Crippen LogP contribution in [0.5, 0.6) is 0 Å². The van der Waals surface area contributed by atoms with Crippen molar-refractivity contribution in [2.45, 2.75) is 39.2 Å². The highest BCUT2D eigenvalue weighted by Gasteiger charge is 2.31. The molecule has 0 heterocycles. The van der Waals surface area contributed by atoms with E-state index in [1.165, 1.54) is 5.57 Å². The molecule has 1 aliphatic carbocycles. The van der Waals surface area contributed by atoms with E-state index in [0.717, 1.165) is 19.3 Å². The highest BCUT2D eigenvalue weighted by atomic mass is 16.4. The van der Waals surface area contributed by atoms with Crippen molar-refractivity contribution in [2.24, 2.45) is 5.41 Å². The number of hydrogen-bond donors (Lipinski definition) is 3. The molecular weight excluding hydrogens is 192 g/mol. The molecule has 0 aromatic rings. The molecule has 1 amide bonds. The van der Waals surface area contributed by atoms with E-state index in [9.17, 15) is 4.79 Å². The lowest BCUT2D eigenvalue weighted by molar-refractivity contribution is 0.177. The van der Waals surface area contributed by atoms with Crippen molar-refractivity contribution >= 4 is 6.09 Å². The Morgan fingerprint density at radius 3 is 2.80 bits per heavy atom. The van der Waals surface area contributed by atoms with Crippen LogP contribution in [0, 0.1) is 5.41 Å². The van der Waals surface area contributed by atoms with Crippen LogP contribution >= 0.6 is 0 Å². The van der Waals surface area contributed by atoms with Gasteiger partial charge in [-0.05, 0) is 30.9 Å². The molecule has 1 rings (SSSR count). The smallest absolute Gasteiger partial charge is 0.404 e. The van der Waals surface area contributed by atoms with Gasteiger partial charge in [0, 0.05) is 13.1 Å². The zero-order valence-corrected chi connectivity index (χ0v) is 9.63. The van der Waals surface area contributed by atoms with Crippen LogP contribution in [0.4, 0.5) is 4.79 Å². The first kappa shape index (κ1) is 11.9. The molecule has 3 N–H and O–H groups in total. The molecule has 86 valence electrons. The Balaban J connectivity index is 2.68. The third kappa shape index (κ3) is 3.81. The van der Waals surface area contributed by atoms with Gasteiger partial charge in [0.1, 0.15) is 0 Å². The van der Waals surface area contributed by atoms with Crippen molar-refractivity contribution < 1.29 is 9.90 Å². The van der Waals surface area contributed by atoms with E-state index < -0.39 is 6.09 Å². The number of carbonyl (C=O) groups is 1. The number of hydrogen-bond acceptors (Lipinski definition) is 2. The van der Waals surface area contributed by atoms with Gasteiger partial charge in [0.2, 0.25) is 0 Å². The van der Waals surface area contributed by atoms with Crippen LogP contribution in [0.1, 0.15) is 33.1 Å². The lowest BCUT2D eigenvalue weighted by Crippen LogP contribution is -2.40. The highest BCUT2D eigenvalue weighted by molar-refractivity contribution is 5.64. The monoisotopic (exact) mass is 212 g/mol. The van der Waals surface area contributed by atoms with Crippen LogP contribution in [-0.4, -0.2) is 24.3 Å². The van der Waals surface area contributed by atoms with Crippen molar-refractivity contribution in [1.82, 2.24) is 10.6 Å². The molecule has 0 saturated heterocycles. The fourth-order valence-electron chi connectivity index (χ4n) is 2.41. The summed E-state index contributed by atoms with van der Waals surface area (Å²) in [5, 5.41) is 14.3. The molecule has 0 aliphatic heterocycles. The maximum absolute atomic E-state index is 10.6. The molecule has 4 heteroatoms. The summed E-state index contributed by atoms with van der Waals surface area (Å²) in [4.78, 5) is 10.6. The molecule has 1 atom stereocenters. The van der Waals surface area contributed by atoms with Crippen LogP contribution in [0.3, 0.4) is 0 Å². The van der Waals surface area contributed by atoms with Gasteiger partial charge in [-0.15, -0.1) is 0 Å². The molecule has 0 aromatic carbocycles. The van der Waals surface area contributed by atoms with Crippen molar-refractivity contribution in [3.05, 3.63) is 11.8 Å². The van der Waals surface area contributed by atoms with E-state index in [1.807, 2.05) is 13.2 Å². The summed E-state index contributed by atoms with van der Waals surface area (Å²) < 4.78 is 0. The van der Waals surface area contributed by atoms with Crippen LogP contribution in [-0.2, 0) is 0 Å². The second-order valence-electron chi connectivity index (χ2n) is 4.99. The summed E-state index contributed by atoms with van der Waals surface area (Å²) in [6.45, 7) is 4.35. The summed E-state index contributed by atoms with van der Waals surface area (Å²) in [6.07, 6.45) is 3.81. The Morgan fingerprint density at radius 2 is 2.27 bits per heavy atom. The number of amides is 1. The van der Waals surface area contributed by atoms with E-state index in [-0.39, 0.29) is 11.5 Å². The second kappa shape index (κ2) is 4.55. The van der Waals surface area contributed by atoms with Crippen LogP contribution in [0.25, 0.3) is 0 Å². The van der Waals surface area contributed by atoms with Crippen LogP contribution in [0.15, 0.2) is 11.8 Å². The first-order valence-corrected chi connectivity index (χ1v) is 5.27. The summed E-state index contributed by atoms with van der Waals surface area (Å²) in [5.74, 6) is 0. The molecule has 0 spiro atoms. The minimum atomic E-state index is -0.929. The number of carboxylic acid groups (broad SMARTS) is 1. The van der Waals surface area contributed by atoms with Gasteiger partial charge in [-0.3, -0.25) is 0 Å². The molecule has 15 heavy (non-hydrogen) atoms. The maximum Gasteiger partial charge on any atom is 0.404 e. The molecule has 0 bridgehead atoms. The van der Waals surface area contributed by atoms with Gasteiger partial charge in [-0.1, -0.05) is 19.4 Å². The number of nitrogens with one attached hydrogen (secondary N) is 2. The molecule has 1 aliphatic rings. The standard InChI is InChI=1S/C11H20N2O2/c1-11(2)5-8(7-12-3)4-9(6-11)13-10(14)15/h7,9,12-13H,4-6H2,1-3H3,(H,14,15)/b8-7-. The Hall–Kier alpha value is -1.19. The van der Waals surface area contributed by atoms with Gasteiger partial charge in [-0.25, -0.2) is 4.79 Å².